The van der Waals surface area contributed by atoms with Crippen LogP contribution in [0.2, 0.25) is 0 Å². The Bertz CT molecular complexity index is 1090. The standard InChI is InChI=1S/C28H26/c1-2-3-4-11-26(23-14-13-20-9-7-10-21(20)17-23)25-16-15-24-18-22-8-5-6-12-27(22)28(24)19-25/h5-8,10-17,19H,2-4,9,18H2,1H3/b26-11-. The van der Waals surface area contributed by atoms with Crippen LogP contribution in [0.4, 0.5) is 0 Å². The van der Waals surface area contributed by atoms with Crippen LogP contribution in [-0.2, 0) is 12.8 Å². The molecule has 2 aliphatic carbocycles. The minimum Gasteiger partial charge on any atom is -0.0795 e. The first-order valence-electron chi connectivity index (χ1n) is 10.5. The van der Waals surface area contributed by atoms with Crippen molar-refractivity contribution in [2.24, 2.45) is 0 Å². The lowest BCUT2D eigenvalue weighted by Gasteiger charge is -2.13. The molecule has 138 valence electrons. The van der Waals surface area contributed by atoms with Gasteiger partial charge in [0.05, 0.1) is 0 Å². The van der Waals surface area contributed by atoms with Crippen LogP contribution in [-0.4, -0.2) is 0 Å². The Morgan fingerprint density at radius 3 is 2.54 bits per heavy atom. The molecule has 28 heavy (non-hydrogen) atoms. The van der Waals surface area contributed by atoms with Crippen LogP contribution in [0.3, 0.4) is 0 Å². The third kappa shape index (κ3) is 3.03. The average Bonchev–Trinajstić information content (AvgIpc) is 3.34. The summed E-state index contributed by atoms with van der Waals surface area (Å²) in [7, 11) is 0. The summed E-state index contributed by atoms with van der Waals surface area (Å²) >= 11 is 0. The van der Waals surface area contributed by atoms with Crippen molar-refractivity contribution in [2.75, 3.05) is 0 Å². The number of rotatable bonds is 5. The number of hydrogen-bond donors (Lipinski definition) is 0. The van der Waals surface area contributed by atoms with Gasteiger partial charge in [0.1, 0.15) is 0 Å². The number of benzene rings is 3. The molecule has 5 rings (SSSR count). The molecule has 0 aliphatic heterocycles. The molecule has 3 aromatic carbocycles. The van der Waals surface area contributed by atoms with Gasteiger partial charge in [-0.25, -0.2) is 0 Å². The van der Waals surface area contributed by atoms with E-state index >= 15 is 0 Å². The average molecular weight is 363 g/mol. The van der Waals surface area contributed by atoms with Gasteiger partial charge in [0.15, 0.2) is 0 Å². The molecule has 0 amide bonds. The smallest absolute Gasteiger partial charge is 0.00134 e. The van der Waals surface area contributed by atoms with Gasteiger partial charge in [-0.15, -0.1) is 0 Å². The lowest BCUT2D eigenvalue weighted by atomic mass is 9.91. The van der Waals surface area contributed by atoms with Crippen molar-refractivity contribution in [1.29, 1.82) is 0 Å². The summed E-state index contributed by atoms with van der Waals surface area (Å²) in [5.41, 5.74) is 12.6. The molecule has 0 atom stereocenters. The molecular weight excluding hydrogens is 336 g/mol. The van der Waals surface area contributed by atoms with Gasteiger partial charge in [-0.1, -0.05) is 86.5 Å². The Morgan fingerprint density at radius 1 is 0.857 bits per heavy atom. The second-order valence-corrected chi connectivity index (χ2v) is 7.99. The summed E-state index contributed by atoms with van der Waals surface area (Å²) in [5, 5.41) is 0. The highest BCUT2D eigenvalue weighted by Crippen LogP contribution is 2.39. The van der Waals surface area contributed by atoms with Gasteiger partial charge in [-0.2, -0.15) is 0 Å². The third-order valence-corrected chi connectivity index (χ3v) is 6.11. The van der Waals surface area contributed by atoms with E-state index < -0.39 is 0 Å². The second kappa shape index (κ2) is 7.28. The number of fused-ring (bicyclic) bond motifs is 4. The van der Waals surface area contributed by atoms with Crippen molar-refractivity contribution in [3.05, 3.63) is 106 Å². The van der Waals surface area contributed by atoms with E-state index in [0.29, 0.717) is 0 Å². The lowest BCUT2D eigenvalue weighted by Crippen LogP contribution is -1.93. The predicted molar refractivity (Wildman–Crippen MR) is 120 cm³/mol. The molecule has 0 heteroatoms. The highest BCUT2D eigenvalue weighted by atomic mass is 14.2. The minimum absolute atomic E-state index is 1.06. The molecule has 0 nitrogen and oxygen atoms in total. The lowest BCUT2D eigenvalue weighted by molar-refractivity contribution is 0.815. The Hall–Kier alpha value is -2.86. The van der Waals surface area contributed by atoms with Gasteiger partial charge in [0.2, 0.25) is 0 Å². The molecule has 0 aromatic heterocycles. The van der Waals surface area contributed by atoms with E-state index in [1.165, 1.54) is 62.9 Å². The fraction of sp³-hybridized carbons (Fsp3) is 0.214. The Balaban J connectivity index is 1.59. The van der Waals surface area contributed by atoms with Crippen molar-refractivity contribution in [1.82, 2.24) is 0 Å². The largest absolute Gasteiger partial charge is 0.0795 e. The Kier molecular flexibility index (Phi) is 4.49. The maximum absolute atomic E-state index is 2.45. The topological polar surface area (TPSA) is 0 Å². The highest BCUT2D eigenvalue weighted by molar-refractivity contribution is 5.86. The van der Waals surface area contributed by atoms with Crippen LogP contribution in [0.15, 0.2) is 72.8 Å². The zero-order valence-electron chi connectivity index (χ0n) is 16.5. The summed E-state index contributed by atoms with van der Waals surface area (Å²) in [6.07, 6.45) is 12.7. The van der Waals surface area contributed by atoms with Gasteiger partial charge in [-0.05, 0) is 81.5 Å². The summed E-state index contributed by atoms with van der Waals surface area (Å²) in [6, 6.07) is 22.9. The molecule has 0 heterocycles. The molecule has 0 N–H and O–H groups in total. The second-order valence-electron chi connectivity index (χ2n) is 7.99. The molecule has 0 spiro atoms. The van der Waals surface area contributed by atoms with E-state index in [1.54, 1.807) is 0 Å². The van der Waals surface area contributed by atoms with E-state index in [0.717, 1.165) is 19.3 Å². The van der Waals surface area contributed by atoms with Gasteiger partial charge < -0.3 is 0 Å². The minimum atomic E-state index is 1.06. The van der Waals surface area contributed by atoms with Crippen LogP contribution in [0.5, 0.6) is 0 Å². The quantitative estimate of drug-likeness (QED) is 0.323. The summed E-state index contributed by atoms with van der Waals surface area (Å²) < 4.78 is 0. The molecule has 2 aliphatic rings. The fourth-order valence-electron chi connectivity index (χ4n) is 4.56. The fourth-order valence-corrected chi connectivity index (χ4v) is 4.56. The van der Waals surface area contributed by atoms with E-state index in [1.807, 2.05) is 0 Å². The first-order chi connectivity index (χ1) is 13.8. The van der Waals surface area contributed by atoms with Gasteiger partial charge in [-0.3, -0.25) is 0 Å². The van der Waals surface area contributed by atoms with Gasteiger partial charge in [0.25, 0.3) is 0 Å². The van der Waals surface area contributed by atoms with Crippen LogP contribution in [0.1, 0.15) is 59.6 Å². The molecular formula is C28H26. The van der Waals surface area contributed by atoms with Crippen molar-refractivity contribution < 1.29 is 0 Å². The van der Waals surface area contributed by atoms with Gasteiger partial charge in [0, 0.05) is 0 Å². The summed E-state index contributed by atoms with van der Waals surface area (Å²) in [5.74, 6) is 0. The van der Waals surface area contributed by atoms with Crippen molar-refractivity contribution >= 4 is 11.6 Å². The number of allylic oxidation sites excluding steroid dienone is 2. The zero-order valence-corrected chi connectivity index (χ0v) is 16.5. The molecule has 0 fully saturated rings. The first kappa shape index (κ1) is 17.3. The Morgan fingerprint density at radius 2 is 1.64 bits per heavy atom. The number of unbranched alkanes of at least 4 members (excludes halogenated alkanes) is 2. The molecule has 0 bridgehead atoms. The van der Waals surface area contributed by atoms with E-state index in [4.69, 9.17) is 0 Å². The van der Waals surface area contributed by atoms with Crippen molar-refractivity contribution in [3.63, 3.8) is 0 Å². The van der Waals surface area contributed by atoms with E-state index in [-0.39, 0.29) is 0 Å². The zero-order chi connectivity index (χ0) is 18.9. The predicted octanol–water partition coefficient (Wildman–Crippen LogP) is 7.45. The van der Waals surface area contributed by atoms with E-state index in [9.17, 15) is 0 Å². The highest BCUT2D eigenvalue weighted by Gasteiger charge is 2.19. The third-order valence-electron chi connectivity index (χ3n) is 6.11. The molecule has 0 saturated carbocycles. The SMILES string of the molecule is CCCC/C=C(/c1ccc2c(c1)C=CC2)c1ccc2c(c1)-c1ccccc1C2. The number of hydrogen-bond acceptors (Lipinski definition) is 0. The summed E-state index contributed by atoms with van der Waals surface area (Å²) in [4.78, 5) is 0. The molecule has 0 radical (unpaired) electrons. The van der Waals surface area contributed by atoms with Crippen LogP contribution in [0.25, 0.3) is 22.8 Å². The van der Waals surface area contributed by atoms with Crippen LogP contribution < -0.4 is 0 Å². The molecule has 0 saturated heterocycles. The maximum atomic E-state index is 2.45. The van der Waals surface area contributed by atoms with E-state index in [2.05, 4.69) is 85.8 Å². The molecule has 0 unspecified atom stereocenters. The maximum Gasteiger partial charge on any atom is -0.00134 e. The normalized spacial score (nSPS) is 14.1. The summed E-state index contributed by atoms with van der Waals surface area (Å²) in [6.45, 7) is 2.26. The van der Waals surface area contributed by atoms with Crippen molar-refractivity contribution in [2.45, 2.75) is 39.0 Å². The first-order valence-corrected chi connectivity index (χ1v) is 10.5. The van der Waals surface area contributed by atoms with Gasteiger partial charge >= 0.3 is 0 Å². The van der Waals surface area contributed by atoms with Crippen LogP contribution in [0, 0.1) is 0 Å². The molecule has 3 aromatic rings. The van der Waals surface area contributed by atoms with Crippen molar-refractivity contribution in [3.8, 4) is 11.1 Å². The van der Waals surface area contributed by atoms with Crippen LogP contribution >= 0.6 is 0 Å². The monoisotopic (exact) mass is 362 g/mol. The Labute approximate surface area is 168 Å².